The van der Waals surface area contributed by atoms with Crippen LogP contribution in [0.25, 0.3) is 0 Å². The van der Waals surface area contributed by atoms with Crippen LogP contribution in [0.3, 0.4) is 0 Å². The summed E-state index contributed by atoms with van der Waals surface area (Å²) in [6.07, 6.45) is 8.40. The summed E-state index contributed by atoms with van der Waals surface area (Å²) in [5.74, 6) is 0. The van der Waals surface area contributed by atoms with Crippen LogP contribution in [-0.4, -0.2) is 5.16 Å². The fraction of sp³-hybridized carbons (Fsp3) is 0.333. The Morgan fingerprint density at radius 1 is 1.08 bits per heavy atom. The van der Waals surface area contributed by atoms with Gasteiger partial charge in [-0.1, -0.05) is 30.4 Å². The molecule has 0 aliphatic carbocycles. The van der Waals surface area contributed by atoms with Crippen LogP contribution in [0.15, 0.2) is 50.1 Å². The van der Waals surface area contributed by atoms with E-state index in [4.69, 9.17) is 0 Å². The number of hydrogen-bond donors (Lipinski definition) is 0. The van der Waals surface area contributed by atoms with Crippen LogP contribution in [-0.2, 0) is 0 Å². The van der Waals surface area contributed by atoms with Crippen LogP contribution in [0.1, 0.15) is 19.3 Å². The zero-order chi connectivity index (χ0) is 10.3. The highest BCUT2D eigenvalue weighted by Crippen LogP contribution is 2.36. The third kappa shape index (κ3) is 3.74. The Bertz CT molecular complexity index is 203. The Balaban J connectivity index is 4.53. The van der Waals surface area contributed by atoms with E-state index in [-0.39, 0.29) is 5.16 Å². The molecule has 1 unspecified atom stereocenters. The summed E-state index contributed by atoms with van der Waals surface area (Å²) in [6, 6.07) is 0. The summed E-state index contributed by atoms with van der Waals surface area (Å²) < 4.78 is 0. The molecule has 0 spiro atoms. The molecule has 0 nitrogen and oxygen atoms in total. The Hall–Kier alpha value is -0.610. The zero-order valence-corrected chi connectivity index (χ0v) is 9.41. The molecular formula is C12H19P. The molecule has 0 amide bonds. The van der Waals surface area contributed by atoms with Crippen LogP contribution in [0.2, 0.25) is 0 Å². The van der Waals surface area contributed by atoms with Gasteiger partial charge in [0, 0.05) is 5.16 Å². The quantitative estimate of drug-likeness (QED) is 0.426. The fourth-order valence-corrected chi connectivity index (χ4v) is 1.72. The zero-order valence-electron chi connectivity index (χ0n) is 8.26. The molecule has 0 rings (SSSR count). The summed E-state index contributed by atoms with van der Waals surface area (Å²) >= 11 is 0. The number of allylic oxidation sites excluding steroid dienone is 4. The van der Waals surface area contributed by atoms with Gasteiger partial charge in [0.25, 0.3) is 0 Å². The van der Waals surface area contributed by atoms with Crippen molar-refractivity contribution in [2.24, 2.45) is 0 Å². The van der Waals surface area contributed by atoms with Crippen molar-refractivity contribution >= 4 is 9.24 Å². The van der Waals surface area contributed by atoms with E-state index in [9.17, 15) is 0 Å². The van der Waals surface area contributed by atoms with Crippen molar-refractivity contribution in [3.05, 3.63) is 50.1 Å². The predicted octanol–water partition coefficient (Wildman–Crippen LogP) is 3.88. The maximum absolute atomic E-state index is 4.07. The minimum Gasteiger partial charge on any atom is -0.126 e. The van der Waals surface area contributed by atoms with Gasteiger partial charge in [0.05, 0.1) is 0 Å². The summed E-state index contributed by atoms with van der Waals surface area (Å²) in [5.41, 5.74) is 1.17. The van der Waals surface area contributed by atoms with Gasteiger partial charge in [0.1, 0.15) is 0 Å². The van der Waals surface area contributed by atoms with Crippen LogP contribution in [0.5, 0.6) is 0 Å². The van der Waals surface area contributed by atoms with Gasteiger partial charge in [-0.2, -0.15) is 0 Å². The maximum atomic E-state index is 4.07. The molecular weight excluding hydrogens is 175 g/mol. The lowest BCUT2D eigenvalue weighted by Gasteiger charge is -2.29. The SMILES string of the molecule is C=CCC(=C)C(P)(CC=C)CC=C. The van der Waals surface area contributed by atoms with E-state index < -0.39 is 0 Å². The third-order valence-corrected chi connectivity index (χ3v) is 2.99. The first kappa shape index (κ1) is 12.4. The number of rotatable bonds is 7. The van der Waals surface area contributed by atoms with E-state index in [1.165, 1.54) is 5.57 Å². The molecule has 0 saturated carbocycles. The molecule has 1 atom stereocenters. The molecule has 1 heteroatoms. The molecule has 13 heavy (non-hydrogen) atoms. The lowest BCUT2D eigenvalue weighted by molar-refractivity contribution is 0.681. The van der Waals surface area contributed by atoms with Crippen LogP contribution in [0, 0.1) is 0 Å². The van der Waals surface area contributed by atoms with Gasteiger partial charge in [-0.15, -0.1) is 29.0 Å². The Labute approximate surface area is 84.3 Å². The predicted molar refractivity (Wildman–Crippen MR) is 66.0 cm³/mol. The van der Waals surface area contributed by atoms with Gasteiger partial charge in [-0.25, -0.2) is 0 Å². The van der Waals surface area contributed by atoms with Crippen molar-refractivity contribution in [2.75, 3.05) is 0 Å². The van der Waals surface area contributed by atoms with E-state index in [0.717, 1.165) is 19.3 Å². The molecule has 0 aliphatic heterocycles. The second-order valence-corrected chi connectivity index (χ2v) is 4.34. The molecule has 0 heterocycles. The van der Waals surface area contributed by atoms with Crippen molar-refractivity contribution in [1.82, 2.24) is 0 Å². The topological polar surface area (TPSA) is 0 Å². The monoisotopic (exact) mass is 194 g/mol. The average Bonchev–Trinajstić information content (AvgIpc) is 2.05. The van der Waals surface area contributed by atoms with Gasteiger partial charge in [-0.3, -0.25) is 0 Å². The Kier molecular flexibility index (Phi) is 5.66. The van der Waals surface area contributed by atoms with E-state index in [2.05, 4.69) is 35.6 Å². The first-order chi connectivity index (χ1) is 6.10. The highest BCUT2D eigenvalue weighted by atomic mass is 31.0. The van der Waals surface area contributed by atoms with Crippen molar-refractivity contribution in [3.8, 4) is 0 Å². The highest BCUT2D eigenvalue weighted by Gasteiger charge is 2.23. The van der Waals surface area contributed by atoms with E-state index >= 15 is 0 Å². The third-order valence-electron chi connectivity index (χ3n) is 2.11. The van der Waals surface area contributed by atoms with Crippen molar-refractivity contribution in [2.45, 2.75) is 24.4 Å². The normalized spacial score (nSPS) is 10.5. The second-order valence-electron chi connectivity index (χ2n) is 3.24. The van der Waals surface area contributed by atoms with Gasteiger partial charge < -0.3 is 0 Å². The smallest absolute Gasteiger partial charge is 0.0125 e. The standard InChI is InChI=1S/C12H19P/c1-5-8-11(4)12(13,9-6-2)10-7-3/h5-7H,1-4,8-10,13H2. The summed E-state index contributed by atoms with van der Waals surface area (Å²) in [5, 5.41) is 0.0255. The second kappa shape index (κ2) is 5.94. The largest absolute Gasteiger partial charge is 0.126 e. The van der Waals surface area contributed by atoms with Crippen LogP contribution < -0.4 is 0 Å². The van der Waals surface area contributed by atoms with E-state index in [1.54, 1.807) is 0 Å². The first-order valence-corrected chi connectivity index (χ1v) is 4.98. The minimum atomic E-state index is 0.0255. The molecule has 0 saturated heterocycles. The Morgan fingerprint density at radius 2 is 1.54 bits per heavy atom. The van der Waals surface area contributed by atoms with Gasteiger partial charge in [0.2, 0.25) is 0 Å². The summed E-state index contributed by atoms with van der Waals surface area (Å²) in [6.45, 7) is 15.3. The van der Waals surface area contributed by atoms with Crippen molar-refractivity contribution < 1.29 is 0 Å². The highest BCUT2D eigenvalue weighted by molar-refractivity contribution is 7.19. The fourth-order valence-electron chi connectivity index (χ4n) is 1.26. The number of hydrogen-bond acceptors (Lipinski definition) is 0. The van der Waals surface area contributed by atoms with E-state index in [1.807, 2.05) is 18.2 Å². The summed E-state index contributed by atoms with van der Waals surface area (Å²) in [4.78, 5) is 0. The van der Waals surface area contributed by atoms with E-state index in [0.29, 0.717) is 0 Å². The average molecular weight is 194 g/mol. The molecule has 0 N–H and O–H groups in total. The molecule has 72 valence electrons. The van der Waals surface area contributed by atoms with Crippen LogP contribution in [0.4, 0.5) is 0 Å². The lowest BCUT2D eigenvalue weighted by Crippen LogP contribution is -2.21. The van der Waals surface area contributed by atoms with Gasteiger partial charge >= 0.3 is 0 Å². The van der Waals surface area contributed by atoms with Crippen molar-refractivity contribution in [1.29, 1.82) is 0 Å². The maximum Gasteiger partial charge on any atom is 0.0125 e. The first-order valence-electron chi connectivity index (χ1n) is 4.40. The molecule has 0 bridgehead atoms. The lowest BCUT2D eigenvalue weighted by atomic mass is 9.90. The molecule has 0 radical (unpaired) electrons. The molecule has 0 aromatic rings. The molecule has 0 fully saturated rings. The van der Waals surface area contributed by atoms with Crippen LogP contribution >= 0.6 is 9.24 Å². The Morgan fingerprint density at radius 3 is 1.85 bits per heavy atom. The van der Waals surface area contributed by atoms with Gasteiger partial charge in [0.15, 0.2) is 0 Å². The summed E-state index contributed by atoms with van der Waals surface area (Å²) in [7, 11) is 2.86. The molecule has 0 aromatic heterocycles. The van der Waals surface area contributed by atoms with Gasteiger partial charge in [-0.05, 0) is 19.3 Å². The molecule has 0 aromatic carbocycles. The van der Waals surface area contributed by atoms with Crippen molar-refractivity contribution in [3.63, 3.8) is 0 Å². The minimum absolute atomic E-state index is 0.0255. The molecule has 0 aliphatic rings.